The molecule has 5 nitrogen and oxygen atoms in total. The van der Waals surface area contributed by atoms with E-state index in [2.05, 4.69) is 63.3 Å². The monoisotopic (exact) mass is 455 g/mol. The van der Waals surface area contributed by atoms with Crippen LogP contribution in [-0.2, 0) is 13.1 Å². The quantitative estimate of drug-likeness (QED) is 0.363. The maximum atomic E-state index is 4.46. The first-order chi connectivity index (χ1) is 11.8. The molecule has 0 aliphatic heterocycles. The molecule has 0 aliphatic rings. The summed E-state index contributed by atoms with van der Waals surface area (Å²) in [4.78, 5) is 8.76. The first-order valence-electron chi connectivity index (χ1n) is 8.75. The molecule has 138 valence electrons. The lowest BCUT2D eigenvalue weighted by Crippen LogP contribution is -2.39. The topological polar surface area (TPSA) is 54.2 Å². The minimum absolute atomic E-state index is 0. The number of nitrogens with one attached hydrogen (secondary N) is 2. The predicted octanol–water partition coefficient (Wildman–Crippen LogP) is 3.65. The van der Waals surface area contributed by atoms with Gasteiger partial charge in [-0.2, -0.15) is 0 Å². The van der Waals surface area contributed by atoms with Gasteiger partial charge in [-0.3, -0.25) is 4.99 Å². The molecule has 2 N–H and O–H groups in total. The lowest BCUT2D eigenvalue weighted by Gasteiger charge is -2.17. The van der Waals surface area contributed by atoms with Crippen LogP contribution in [0, 0.1) is 5.92 Å². The molecule has 0 spiro atoms. The van der Waals surface area contributed by atoms with Gasteiger partial charge in [0, 0.05) is 32.5 Å². The van der Waals surface area contributed by atoms with Crippen molar-refractivity contribution in [3.63, 3.8) is 0 Å². The van der Waals surface area contributed by atoms with Crippen molar-refractivity contribution in [1.82, 2.24) is 20.2 Å². The van der Waals surface area contributed by atoms with E-state index < -0.39 is 0 Å². The van der Waals surface area contributed by atoms with Gasteiger partial charge in [0.25, 0.3) is 0 Å². The van der Waals surface area contributed by atoms with Crippen LogP contribution in [0.3, 0.4) is 0 Å². The van der Waals surface area contributed by atoms with Crippen LogP contribution >= 0.6 is 24.0 Å². The normalized spacial score (nSPS) is 11.3. The van der Waals surface area contributed by atoms with E-state index in [1.54, 1.807) is 7.05 Å². The summed E-state index contributed by atoms with van der Waals surface area (Å²) in [5.74, 6) is 2.52. The van der Waals surface area contributed by atoms with Crippen LogP contribution in [0.5, 0.6) is 0 Å². The molecule has 1 aromatic heterocycles. The minimum atomic E-state index is 0. The van der Waals surface area contributed by atoms with Crippen LogP contribution in [0.25, 0.3) is 0 Å². The van der Waals surface area contributed by atoms with Crippen molar-refractivity contribution < 1.29 is 0 Å². The van der Waals surface area contributed by atoms with Gasteiger partial charge in [-0.25, -0.2) is 4.98 Å². The molecule has 25 heavy (non-hydrogen) atoms. The lowest BCUT2D eigenvalue weighted by molar-refractivity contribution is 0.481. The molecule has 2 rings (SSSR count). The molecule has 6 heteroatoms. The molecule has 0 aliphatic carbocycles. The highest BCUT2D eigenvalue weighted by molar-refractivity contribution is 14.0. The van der Waals surface area contributed by atoms with Crippen LogP contribution in [0.2, 0.25) is 0 Å². The van der Waals surface area contributed by atoms with E-state index in [1.807, 2.05) is 18.5 Å². The zero-order chi connectivity index (χ0) is 17.2. The molecule has 2 aromatic rings. The molecule has 0 bridgehead atoms. The van der Waals surface area contributed by atoms with E-state index in [9.17, 15) is 0 Å². The van der Waals surface area contributed by atoms with Crippen LogP contribution in [-0.4, -0.2) is 29.1 Å². The first-order valence-corrected chi connectivity index (χ1v) is 8.75. The van der Waals surface area contributed by atoms with Gasteiger partial charge in [0.05, 0.1) is 6.54 Å². The molecule has 0 unspecified atom stereocenters. The van der Waals surface area contributed by atoms with Crippen molar-refractivity contribution in [3.05, 3.63) is 54.1 Å². The fraction of sp³-hybridized carbons (Fsp3) is 0.474. The number of halogens is 1. The molecule has 0 fully saturated rings. The van der Waals surface area contributed by atoms with Crippen LogP contribution < -0.4 is 10.6 Å². The summed E-state index contributed by atoms with van der Waals surface area (Å²) in [5.41, 5.74) is 1.27. The summed E-state index contributed by atoms with van der Waals surface area (Å²) in [5, 5.41) is 6.76. The second kappa shape index (κ2) is 11.9. The van der Waals surface area contributed by atoms with Gasteiger partial charge >= 0.3 is 0 Å². The average Bonchev–Trinajstić information content (AvgIpc) is 3.06. The maximum Gasteiger partial charge on any atom is 0.191 e. The van der Waals surface area contributed by atoms with E-state index in [1.165, 1.54) is 18.4 Å². The highest BCUT2D eigenvalue weighted by Crippen LogP contribution is 2.06. The Bertz CT molecular complexity index is 620. The number of hydrogen-bond donors (Lipinski definition) is 2. The fourth-order valence-electron chi connectivity index (χ4n) is 2.63. The first kappa shape index (κ1) is 21.5. The number of aromatic nitrogens is 2. The Hall–Kier alpha value is -1.57. The molecular formula is C19H30IN5. The van der Waals surface area contributed by atoms with E-state index in [0.717, 1.165) is 24.9 Å². The summed E-state index contributed by atoms with van der Waals surface area (Å²) in [6.07, 6.45) is 6.23. The Morgan fingerprint density at radius 3 is 2.52 bits per heavy atom. The number of imidazole rings is 1. The number of benzene rings is 1. The molecule has 1 heterocycles. The van der Waals surface area contributed by atoms with Gasteiger partial charge in [-0.15, -0.1) is 24.0 Å². The van der Waals surface area contributed by atoms with Crippen molar-refractivity contribution in [2.24, 2.45) is 10.9 Å². The van der Waals surface area contributed by atoms with Crippen molar-refractivity contribution in [1.29, 1.82) is 0 Å². The van der Waals surface area contributed by atoms with Crippen LogP contribution in [0.1, 0.15) is 38.1 Å². The standard InChI is InChI=1S/C19H29N5.HI/c1-4-16(5-2)13-22-19(20-3)23-14-18-21-11-12-24(18)15-17-9-7-6-8-10-17;/h6-12,16H,4-5,13-15H2,1-3H3,(H2,20,22,23);1H. The summed E-state index contributed by atoms with van der Waals surface area (Å²) < 4.78 is 2.16. The Balaban J connectivity index is 0.00000312. The van der Waals surface area contributed by atoms with E-state index in [-0.39, 0.29) is 24.0 Å². The van der Waals surface area contributed by atoms with Crippen molar-refractivity contribution in [2.75, 3.05) is 13.6 Å². The number of guanidine groups is 1. The van der Waals surface area contributed by atoms with Crippen molar-refractivity contribution >= 4 is 29.9 Å². The maximum absolute atomic E-state index is 4.46. The number of hydrogen-bond acceptors (Lipinski definition) is 2. The van der Waals surface area contributed by atoms with E-state index in [4.69, 9.17) is 0 Å². The Labute approximate surface area is 168 Å². The third-order valence-electron chi connectivity index (χ3n) is 4.35. The molecule has 1 aromatic carbocycles. The van der Waals surface area contributed by atoms with Crippen LogP contribution in [0.15, 0.2) is 47.7 Å². The van der Waals surface area contributed by atoms with E-state index in [0.29, 0.717) is 12.5 Å². The predicted molar refractivity (Wildman–Crippen MR) is 115 cm³/mol. The van der Waals surface area contributed by atoms with Gasteiger partial charge in [-0.1, -0.05) is 57.0 Å². The third kappa shape index (κ3) is 7.05. The zero-order valence-electron chi connectivity index (χ0n) is 15.4. The van der Waals surface area contributed by atoms with Gasteiger partial charge < -0.3 is 15.2 Å². The van der Waals surface area contributed by atoms with Crippen molar-refractivity contribution in [2.45, 2.75) is 39.8 Å². The van der Waals surface area contributed by atoms with Crippen molar-refractivity contribution in [3.8, 4) is 0 Å². The Kier molecular flexibility index (Phi) is 10.2. The highest BCUT2D eigenvalue weighted by Gasteiger charge is 2.07. The molecule has 0 saturated carbocycles. The number of rotatable bonds is 8. The second-order valence-corrected chi connectivity index (χ2v) is 5.95. The van der Waals surface area contributed by atoms with Gasteiger partial charge in [0.1, 0.15) is 5.82 Å². The largest absolute Gasteiger partial charge is 0.356 e. The second-order valence-electron chi connectivity index (χ2n) is 5.95. The third-order valence-corrected chi connectivity index (χ3v) is 4.35. The summed E-state index contributed by atoms with van der Waals surface area (Å²) in [6, 6.07) is 10.4. The zero-order valence-corrected chi connectivity index (χ0v) is 17.7. The highest BCUT2D eigenvalue weighted by atomic mass is 127. The van der Waals surface area contributed by atoms with Gasteiger partial charge in [-0.05, 0) is 11.5 Å². The summed E-state index contributed by atoms with van der Waals surface area (Å²) in [7, 11) is 1.80. The summed E-state index contributed by atoms with van der Waals surface area (Å²) in [6.45, 7) is 6.89. The molecule has 0 saturated heterocycles. The average molecular weight is 455 g/mol. The number of nitrogens with zero attached hydrogens (tertiary/aromatic N) is 3. The van der Waals surface area contributed by atoms with E-state index >= 15 is 0 Å². The molecule has 0 radical (unpaired) electrons. The lowest BCUT2D eigenvalue weighted by atomic mass is 10.0. The minimum Gasteiger partial charge on any atom is -0.356 e. The molecule has 0 atom stereocenters. The fourth-order valence-corrected chi connectivity index (χ4v) is 2.63. The smallest absolute Gasteiger partial charge is 0.191 e. The van der Waals surface area contributed by atoms with Crippen LogP contribution in [0.4, 0.5) is 0 Å². The van der Waals surface area contributed by atoms with Gasteiger partial charge in [0.2, 0.25) is 0 Å². The molecular weight excluding hydrogens is 425 g/mol. The Morgan fingerprint density at radius 1 is 1.16 bits per heavy atom. The Morgan fingerprint density at radius 2 is 1.88 bits per heavy atom. The molecule has 0 amide bonds. The summed E-state index contributed by atoms with van der Waals surface area (Å²) >= 11 is 0. The van der Waals surface area contributed by atoms with Gasteiger partial charge in [0.15, 0.2) is 5.96 Å². The number of aliphatic imine (C=N–C) groups is 1. The SMILES string of the molecule is CCC(CC)CNC(=NC)NCc1nccn1Cc1ccccc1.I.